The zero-order chi connectivity index (χ0) is 20.3. The topological polar surface area (TPSA) is 75.6 Å². The number of cyclic esters (lactones) is 1. The Labute approximate surface area is 170 Å². The van der Waals surface area contributed by atoms with Crippen LogP contribution >= 0.6 is 0 Å². The van der Waals surface area contributed by atoms with Crippen LogP contribution in [0.25, 0.3) is 0 Å². The summed E-state index contributed by atoms with van der Waals surface area (Å²) in [7, 11) is 0. The predicted octanol–water partition coefficient (Wildman–Crippen LogP) is 3.48. The zero-order valence-electron chi connectivity index (χ0n) is 16.2. The lowest BCUT2D eigenvalue weighted by Gasteiger charge is -2.37. The number of allylic oxidation sites excluding steroid dienone is 2. The molecule has 1 saturated heterocycles. The van der Waals surface area contributed by atoms with Crippen molar-refractivity contribution in [2.75, 3.05) is 6.61 Å². The molecule has 5 heteroatoms. The van der Waals surface area contributed by atoms with E-state index in [4.69, 9.17) is 4.74 Å². The molecule has 2 N–H and O–H groups in total. The minimum atomic E-state index is -0.850. The van der Waals surface area contributed by atoms with Crippen molar-refractivity contribution in [1.82, 2.24) is 5.32 Å². The van der Waals surface area contributed by atoms with Crippen LogP contribution in [0, 0.1) is 11.3 Å². The molecule has 1 fully saturated rings. The van der Waals surface area contributed by atoms with Gasteiger partial charge in [0.1, 0.15) is 12.0 Å². The number of amides is 1. The van der Waals surface area contributed by atoms with Gasteiger partial charge >= 0.3 is 5.97 Å². The fraction of sp³-hybridized carbons (Fsp3) is 0.333. The van der Waals surface area contributed by atoms with Crippen LogP contribution in [0.3, 0.4) is 0 Å². The molecule has 29 heavy (non-hydrogen) atoms. The van der Waals surface area contributed by atoms with E-state index >= 15 is 0 Å². The van der Waals surface area contributed by atoms with E-state index in [0.717, 1.165) is 11.1 Å². The zero-order valence-corrected chi connectivity index (χ0v) is 16.2. The summed E-state index contributed by atoms with van der Waals surface area (Å²) >= 11 is 0. The molecule has 0 bridgehead atoms. The van der Waals surface area contributed by atoms with Crippen molar-refractivity contribution in [2.24, 2.45) is 11.3 Å². The predicted molar refractivity (Wildman–Crippen MR) is 109 cm³/mol. The van der Waals surface area contributed by atoms with Gasteiger partial charge in [-0.3, -0.25) is 9.59 Å². The van der Waals surface area contributed by atoms with E-state index in [0.29, 0.717) is 19.3 Å². The molecular formula is C24H25NO4. The Kier molecular flexibility index (Phi) is 5.49. The maximum absolute atomic E-state index is 13.1. The summed E-state index contributed by atoms with van der Waals surface area (Å²) in [6.45, 7) is -0.0540. The third kappa shape index (κ3) is 3.83. The number of nitrogens with one attached hydrogen (secondary N) is 1. The highest BCUT2D eigenvalue weighted by atomic mass is 16.6. The highest BCUT2D eigenvalue weighted by Gasteiger charge is 2.45. The number of esters is 1. The minimum Gasteiger partial charge on any atom is -0.457 e. The van der Waals surface area contributed by atoms with Gasteiger partial charge in [-0.25, -0.2) is 0 Å². The molecule has 5 nitrogen and oxygen atoms in total. The van der Waals surface area contributed by atoms with Gasteiger partial charge in [0.25, 0.3) is 0 Å². The highest BCUT2D eigenvalue weighted by molar-refractivity contribution is 5.99. The number of benzene rings is 2. The lowest BCUT2D eigenvalue weighted by Crippen LogP contribution is -2.45. The number of carbonyl (C=O) groups is 2. The van der Waals surface area contributed by atoms with Crippen LogP contribution in [0.2, 0.25) is 0 Å². The number of hydrogen-bond acceptors (Lipinski definition) is 4. The van der Waals surface area contributed by atoms with Crippen molar-refractivity contribution in [2.45, 2.75) is 31.4 Å². The van der Waals surface area contributed by atoms with Gasteiger partial charge in [-0.15, -0.1) is 0 Å². The fourth-order valence-electron chi connectivity index (χ4n) is 4.32. The highest BCUT2D eigenvalue weighted by Crippen LogP contribution is 2.44. The summed E-state index contributed by atoms with van der Waals surface area (Å²) in [5.41, 5.74) is 1.31. The van der Waals surface area contributed by atoms with E-state index in [1.54, 1.807) is 0 Å². The van der Waals surface area contributed by atoms with Crippen molar-refractivity contribution >= 4 is 11.9 Å². The summed E-state index contributed by atoms with van der Waals surface area (Å²) in [6, 6.07) is 18.7. The van der Waals surface area contributed by atoms with Crippen LogP contribution in [-0.4, -0.2) is 23.6 Å². The quantitative estimate of drug-likeness (QED) is 0.449. The molecule has 0 spiro atoms. The standard InChI is InChI=1S/C24H25NO4/c26-16-24(13-7-8-14-24)21(18-11-5-2-6-12-18)25-22(27)19-15-20(29-23(19)28)17-9-3-1-4-10-17/h1-12,19-21,26H,13-16H2,(H,25,27). The molecule has 150 valence electrons. The lowest BCUT2D eigenvalue weighted by molar-refractivity contribution is -0.147. The normalized spacial score (nSPS) is 23.6. The van der Waals surface area contributed by atoms with Crippen LogP contribution in [0.1, 0.15) is 42.5 Å². The van der Waals surface area contributed by atoms with Gasteiger partial charge in [0, 0.05) is 11.8 Å². The van der Waals surface area contributed by atoms with Crippen molar-refractivity contribution < 1.29 is 19.4 Å². The third-order valence-electron chi connectivity index (χ3n) is 6.04. The van der Waals surface area contributed by atoms with Gasteiger partial charge in [0.2, 0.25) is 5.91 Å². The first kappa shape index (κ1) is 19.4. The average Bonchev–Trinajstić information content (AvgIpc) is 3.41. The molecule has 0 radical (unpaired) electrons. The summed E-state index contributed by atoms with van der Waals surface area (Å²) in [4.78, 5) is 25.6. The van der Waals surface area contributed by atoms with E-state index in [-0.39, 0.29) is 18.6 Å². The number of carbonyl (C=O) groups excluding carboxylic acids is 2. The summed E-state index contributed by atoms with van der Waals surface area (Å²) in [6.07, 6.45) is 5.33. The maximum atomic E-state index is 13.1. The first-order chi connectivity index (χ1) is 14.1. The van der Waals surface area contributed by atoms with Crippen LogP contribution in [0.5, 0.6) is 0 Å². The van der Waals surface area contributed by atoms with Gasteiger partial charge in [0.15, 0.2) is 0 Å². The van der Waals surface area contributed by atoms with E-state index < -0.39 is 23.4 Å². The number of aliphatic hydroxyl groups excluding tert-OH is 1. The van der Waals surface area contributed by atoms with E-state index in [1.165, 1.54) is 0 Å². The summed E-state index contributed by atoms with van der Waals surface area (Å²) < 4.78 is 5.48. The second-order valence-corrected chi connectivity index (χ2v) is 7.88. The largest absolute Gasteiger partial charge is 0.457 e. The van der Waals surface area contributed by atoms with Gasteiger partial charge in [0.05, 0.1) is 12.6 Å². The monoisotopic (exact) mass is 391 g/mol. The van der Waals surface area contributed by atoms with Crippen LogP contribution in [0.4, 0.5) is 0 Å². The number of hydrogen-bond donors (Lipinski definition) is 2. The molecule has 1 amide bonds. The van der Waals surface area contributed by atoms with Crippen molar-refractivity contribution in [3.8, 4) is 0 Å². The fourth-order valence-corrected chi connectivity index (χ4v) is 4.32. The van der Waals surface area contributed by atoms with Crippen molar-refractivity contribution in [3.63, 3.8) is 0 Å². The number of rotatable bonds is 6. The van der Waals surface area contributed by atoms with Crippen LogP contribution in [-0.2, 0) is 14.3 Å². The summed E-state index contributed by atoms with van der Waals surface area (Å²) in [5, 5.41) is 13.3. The maximum Gasteiger partial charge on any atom is 0.319 e. The van der Waals surface area contributed by atoms with Gasteiger partial charge in [-0.05, 0) is 24.0 Å². The first-order valence-electron chi connectivity index (χ1n) is 9.99. The van der Waals surface area contributed by atoms with Gasteiger partial charge in [-0.1, -0.05) is 72.8 Å². The second-order valence-electron chi connectivity index (χ2n) is 7.88. The molecule has 3 unspecified atom stereocenters. The van der Waals surface area contributed by atoms with Gasteiger partial charge < -0.3 is 15.2 Å². The molecule has 1 aliphatic carbocycles. The third-order valence-corrected chi connectivity index (χ3v) is 6.04. The Morgan fingerprint density at radius 3 is 2.31 bits per heavy atom. The number of ether oxygens (including phenoxy) is 1. The lowest BCUT2D eigenvalue weighted by atomic mass is 9.75. The molecular weight excluding hydrogens is 366 g/mol. The molecule has 2 aliphatic rings. The molecule has 4 rings (SSSR count). The van der Waals surface area contributed by atoms with E-state index in [2.05, 4.69) is 5.32 Å². The Hall–Kier alpha value is -2.92. The number of aliphatic hydroxyl groups is 1. The van der Waals surface area contributed by atoms with Crippen LogP contribution in [0.15, 0.2) is 72.8 Å². The second kappa shape index (κ2) is 8.21. The Balaban J connectivity index is 1.55. The molecule has 2 aromatic carbocycles. The molecule has 0 saturated carbocycles. The van der Waals surface area contributed by atoms with Crippen molar-refractivity contribution in [3.05, 3.63) is 83.9 Å². The Morgan fingerprint density at radius 2 is 1.69 bits per heavy atom. The van der Waals surface area contributed by atoms with Gasteiger partial charge in [-0.2, -0.15) is 0 Å². The SMILES string of the molecule is O=C(NC(c1ccccc1)C1(CO)CC=CC1)C1CC(c2ccccc2)OC1=O. The molecule has 2 aromatic rings. The first-order valence-corrected chi connectivity index (χ1v) is 9.99. The smallest absolute Gasteiger partial charge is 0.319 e. The molecule has 0 aromatic heterocycles. The minimum absolute atomic E-state index is 0.0540. The molecule has 1 aliphatic heterocycles. The molecule has 1 heterocycles. The summed E-state index contributed by atoms with van der Waals surface area (Å²) in [5.74, 6) is -1.69. The molecule has 3 atom stereocenters. The average molecular weight is 391 g/mol. The van der Waals surface area contributed by atoms with Crippen LogP contribution < -0.4 is 5.32 Å². The Morgan fingerprint density at radius 1 is 1.07 bits per heavy atom. The van der Waals surface area contributed by atoms with Crippen molar-refractivity contribution in [1.29, 1.82) is 0 Å². The Bertz CT molecular complexity index is 886. The van der Waals surface area contributed by atoms with E-state index in [9.17, 15) is 14.7 Å². The van der Waals surface area contributed by atoms with E-state index in [1.807, 2.05) is 72.8 Å².